The summed E-state index contributed by atoms with van der Waals surface area (Å²) in [6, 6.07) is 6.53. The number of nitrogens with one attached hydrogen (secondary N) is 1. The van der Waals surface area contributed by atoms with Gasteiger partial charge in [-0.05, 0) is 37.1 Å². The summed E-state index contributed by atoms with van der Waals surface area (Å²) < 4.78 is 25.6. The fraction of sp³-hybridized carbons (Fsp3) is 0.400. The van der Waals surface area contributed by atoms with Gasteiger partial charge in [0.2, 0.25) is 10.0 Å². The third-order valence-electron chi connectivity index (χ3n) is 1.91. The van der Waals surface area contributed by atoms with Crippen LogP contribution in [0, 0.1) is 0 Å². The van der Waals surface area contributed by atoms with E-state index < -0.39 is 10.0 Å². The molecule has 0 unspecified atom stereocenters. The SMILES string of the molecule is O=S(=O)(CCCCCl)Nc1ccc(Cl)cc1. The van der Waals surface area contributed by atoms with E-state index in [-0.39, 0.29) is 5.75 Å². The van der Waals surface area contributed by atoms with Gasteiger partial charge in [0.15, 0.2) is 0 Å². The van der Waals surface area contributed by atoms with E-state index in [1.54, 1.807) is 24.3 Å². The van der Waals surface area contributed by atoms with Crippen LogP contribution in [0.15, 0.2) is 24.3 Å². The number of hydrogen-bond donors (Lipinski definition) is 1. The molecular formula is C10H13Cl2NO2S. The summed E-state index contributed by atoms with van der Waals surface area (Å²) in [6.45, 7) is 0. The molecular weight excluding hydrogens is 269 g/mol. The second-order valence-corrected chi connectivity index (χ2v) is 5.98. The van der Waals surface area contributed by atoms with E-state index >= 15 is 0 Å². The van der Waals surface area contributed by atoms with Crippen molar-refractivity contribution in [3.05, 3.63) is 29.3 Å². The van der Waals surface area contributed by atoms with E-state index in [1.165, 1.54) is 0 Å². The van der Waals surface area contributed by atoms with Crippen LogP contribution in [0.25, 0.3) is 0 Å². The Morgan fingerprint density at radius 1 is 1.12 bits per heavy atom. The summed E-state index contributed by atoms with van der Waals surface area (Å²) in [4.78, 5) is 0. The number of unbranched alkanes of at least 4 members (excludes halogenated alkanes) is 1. The lowest BCUT2D eigenvalue weighted by atomic mass is 10.3. The Bertz CT molecular complexity index is 417. The monoisotopic (exact) mass is 281 g/mol. The van der Waals surface area contributed by atoms with Crippen molar-refractivity contribution in [3.63, 3.8) is 0 Å². The van der Waals surface area contributed by atoms with E-state index in [0.29, 0.717) is 29.4 Å². The van der Waals surface area contributed by atoms with Gasteiger partial charge in [-0.3, -0.25) is 4.72 Å². The largest absolute Gasteiger partial charge is 0.284 e. The molecule has 0 heterocycles. The number of rotatable bonds is 6. The fourth-order valence-corrected chi connectivity index (χ4v) is 2.63. The Morgan fingerprint density at radius 3 is 2.31 bits per heavy atom. The molecule has 0 aliphatic carbocycles. The van der Waals surface area contributed by atoms with Crippen LogP contribution in [-0.2, 0) is 10.0 Å². The number of alkyl halides is 1. The molecule has 0 aliphatic heterocycles. The van der Waals surface area contributed by atoms with Gasteiger partial charge in [0.05, 0.1) is 5.75 Å². The first-order valence-electron chi connectivity index (χ1n) is 4.85. The van der Waals surface area contributed by atoms with Crippen molar-refractivity contribution < 1.29 is 8.42 Å². The van der Waals surface area contributed by atoms with Gasteiger partial charge in [-0.2, -0.15) is 0 Å². The van der Waals surface area contributed by atoms with E-state index in [1.807, 2.05) is 0 Å². The molecule has 0 aliphatic rings. The molecule has 0 fully saturated rings. The topological polar surface area (TPSA) is 46.2 Å². The van der Waals surface area contributed by atoms with Crippen molar-refractivity contribution in [2.75, 3.05) is 16.4 Å². The molecule has 6 heteroatoms. The minimum absolute atomic E-state index is 0.0857. The predicted octanol–water partition coefficient (Wildman–Crippen LogP) is 3.10. The third kappa shape index (κ3) is 5.05. The number of benzene rings is 1. The summed E-state index contributed by atoms with van der Waals surface area (Å²) in [5.41, 5.74) is 0.523. The lowest BCUT2D eigenvalue weighted by molar-refractivity contribution is 0.598. The first-order valence-corrected chi connectivity index (χ1v) is 7.42. The van der Waals surface area contributed by atoms with Crippen LogP contribution in [-0.4, -0.2) is 20.1 Å². The molecule has 0 bridgehead atoms. The molecule has 0 amide bonds. The van der Waals surface area contributed by atoms with Gasteiger partial charge in [0.1, 0.15) is 0 Å². The molecule has 1 rings (SSSR count). The maximum absolute atomic E-state index is 11.6. The summed E-state index contributed by atoms with van der Waals surface area (Å²) >= 11 is 11.2. The van der Waals surface area contributed by atoms with E-state index in [4.69, 9.17) is 23.2 Å². The van der Waals surface area contributed by atoms with E-state index in [9.17, 15) is 8.42 Å². The van der Waals surface area contributed by atoms with Crippen molar-refractivity contribution in [1.29, 1.82) is 0 Å². The molecule has 1 aromatic carbocycles. The molecule has 16 heavy (non-hydrogen) atoms. The third-order valence-corrected chi connectivity index (χ3v) is 3.81. The molecule has 0 spiro atoms. The molecule has 0 aromatic heterocycles. The highest BCUT2D eigenvalue weighted by Gasteiger charge is 2.09. The van der Waals surface area contributed by atoms with E-state index in [2.05, 4.69) is 4.72 Å². The average molecular weight is 282 g/mol. The molecule has 1 aromatic rings. The van der Waals surface area contributed by atoms with Crippen LogP contribution >= 0.6 is 23.2 Å². The highest BCUT2D eigenvalue weighted by molar-refractivity contribution is 7.92. The summed E-state index contributed by atoms with van der Waals surface area (Å²) in [5, 5.41) is 0.574. The fourth-order valence-electron chi connectivity index (χ4n) is 1.14. The average Bonchev–Trinajstić information content (AvgIpc) is 2.21. The lowest BCUT2D eigenvalue weighted by Gasteiger charge is -2.07. The summed E-state index contributed by atoms with van der Waals surface area (Å²) in [6.07, 6.45) is 1.26. The number of halogens is 2. The number of anilines is 1. The minimum atomic E-state index is -3.27. The normalized spacial score (nSPS) is 11.4. The Kier molecular flexibility index (Phi) is 5.38. The van der Waals surface area contributed by atoms with Gasteiger partial charge in [0, 0.05) is 16.6 Å². The number of sulfonamides is 1. The molecule has 90 valence electrons. The highest BCUT2D eigenvalue weighted by atomic mass is 35.5. The lowest BCUT2D eigenvalue weighted by Crippen LogP contribution is -2.16. The highest BCUT2D eigenvalue weighted by Crippen LogP contribution is 2.15. The second kappa shape index (κ2) is 6.33. The van der Waals surface area contributed by atoms with Crippen molar-refractivity contribution >= 4 is 38.9 Å². The molecule has 0 radical (unpaired) electrons. The van der Waals surface area contributed by atoms with Crippen LogP contribution in [0.4, 0.5) is 5.69 Å². The molecule has 0 saturated heterocycles. The van der Waals surface area contributed by atoms with Crippen molar-refractivity contribution in [2.24, 2.45) is 0 Å². The van der Waals surface area contributed by atoms with Crippen LogP contribution in [0.3, 0.4) is 0 Å². The van der Waals surface area contributed by atoms with Gasteiger partial charge in [-0.1, -0.05) is 11.6 Å². The first kappa shape index (κ1) is 13.6. The zero-order valence-corrected chi connectivity index (χ0v) is 10.9. The van der Waals surface area contributed by atoms with Crippen LogP contribution in [0.1, 0.15) is 12.8 Å². The minimum Gasteiger partial charge on any atom is -0.284 e. The van der Waals surface area contributed by atoms with Crippen molar-refractivity contribution in [1.82, 2.24) is 0 Å². The molecule has 1 N–H and O–H groups in total. The Hall–Kier alpha value is -0.450. The summed E-state index contributed by atoms with van der Waals surface area (Å²) in [7, 11) is -3.27. The van der Waals surface area contributed by atoms with Crippen LogP contribution in [0.5, 0.6) is 0 Å². The molecule has 3 nitrogen and oxygen atoms in total. The standard InChI is InChI=1S/C10H13Cl2NO2S/c11-7-1-2-8-16(14,15)13-10-5-3-9(12)4-6-10/h3-6,13H,1-2,7-8H2. The van der Waals surface area contributed by atoms with Gasteiger partial charge in [-0.25, -0.2) is 8.42 Å². The van der Waals surface area contributed by atoms with Crippen molar-refractivity contribution in [3.8, 4) is 0 Å². The quantitative estimate of drug-likeness (QED) is 0.643. The van der Waals surface area contributed by atoms with Crippen LogP contribution < -0.4 is 4.72 Å². The van der Waals surface area contributed by atoms with Crippen molar-refractivity contribution in [2.45, 2.75) is 12.8 Å². The Balaban J connectivity index is 2.55. The second-order valence-electron chi connectivity index (χ2n) is 3.32. The Morgan fingerprint density at radius 2 is 1.75 bits per heavy atom. The zero-order chi connectivity index (χ0) is 12.0. The van der Waals surface area contributed by atoms with E-state index in [0.717, 1.165) is 0 Å². The number of hydrogen-bond acceptors (Lipinski definition) is 2. The summed E-state index contributed by atoms with van der Waals surface area (Å²) in [5.74, 6) is 0.568. The predicted molar refractivity (Wildman–Crippen MR) is 68.8 cm³/mol. The Labute approximate surface area is 106 Å². The van der Waals surface area contributed by atoms with Crippen LogP contribution in [0.2, 0.25) is 5.02 Å². The molecule has 0 saturated carbocycles. The smallest absolute Gasteiger partial charge is 0.232 e. The molecule has 0 atom stereocenters. The maximum atomic E-state index is 11.6. The zero-order valence-electron chi connectivity index (χ0n) is 8.62. The van der Waals surface area contributed by atoms with Gasteiger partial charge >= 0.3 is 0 Å². The van der Waals surface area contributed by atoms with Gasteiger partial charge in [-0.15, -0.1) is 11.6 Å². The van der Waals surface area contributed by atoms with Gasteiger partial charge < -0.3 is 0 Å². The van der Waals surface area contributed by atoms with Gasteiger partial charge in [0.25, 0.3) is 0 Å². The first-order chi connectivity index (χ1) is 7.53. The maximum Gasteiger partial charge on any atom is 0.232 e.